The molecule has 0 saturated carbocycles. The molecule has 0 radical (unpaired) electrons. The van der Waals surface area contributed by atoms with Crippen LogP contribution in [-0.4, -0.2) is 72.8 Å². The summed E-state index contributed by atoms with van der Waals surface area (Å²) in [5.74, 6) is 1.16. The fraction of sp³-hybridized carbons (Fsp3) is 0.500. The summed E-state index contributed by atoms with van der Waals surface area (Å²) in [4.78, 5) is 25.5. The summed E-state index contributed by atoms with van der Waals surface area (Å²) >= 11 is 0. The van der Waals surface area contributed by atoms with Crippen LogP contribution in [0.15, 0.2) is 30.6 Å². The first kappa shape index (κ1) is 16.2. The van der Waals surface area contributed by atoms with Gasteiger partial charge in [0.15, 0.2) is 0 Å². The lowest BCUT2D eigenvalue weighted by molar-refractivity contribution is -0.132. The van der Waals surface area contributed by atoms with Gasteiger partial charge in [-0.15, -0.1) is 0 Å². The summed E-state index contributed by atoms with van der Waals surface area (Å²) in [6.07, 6.45) is 2.13. The van der Waals surface area contributed by atoms with E-state index in [9.17, 15) is 4.79 Å². The molecular weight excluding hydrogens is 318 g/mol. The number of nitrogens with zero attached hydrogens (tertiary/aromatic N) is 4. The van der Waals surface area contributed by atoms with Crippen molar-refractivity contribution in [3.63, 3.8) is 0 Å². The number of hydrogen-bond donors (Lipinski definition) is 1. The predicted octanol–water partition coefficient (Wildman–Crippen LogP) is 0.657. The molecule has 0 spiro atoms. The van der Waals surface area contributed by atoms with E-state index >= 15 is 0 Å². The van der Waals surface area contributed by atoms with Crippen molar-refractivity contribution in [2.45, 2.75) is 12.5 Å². The van der Waals surface area contributed by atoms with Crippen LogP contribution in [0.3, 0.4) is 0 Å². The normalized spacial score (nSPS) is 21.5. The number of amides is 1. The molecule has 2 aliphatic heterocycles. The minimum absolute atomic E-state index is 0.144. The van der Waals surface area contributed by atoms with E-state index in [1.807, 2.05) is 23.1 Å². The third-order valence-corrected chi connectivity index (χ3v) is 4.87. The van der Waals surface area contributed by atoms with E-state index in [0.29, 0.717) is 13.0 Å². The molecule has 4 rings (SSSR count). The maximum absolute atomic E-state index is 12.5. The van der Waals surface area contributed by atoms with Gasteiger partial charge in [0.05, 0.1) is 18.7 Å². The molecule has 2 fully saturated rings. The number of para-hydroxylation sites is 1. The van der Waals surface area contributed by atoms with E-state index in [4.69, 9.17) is 4.74 Å². The molecule has 2 aliphatic rings. The zero-order valence-corrected chi connectivity index (χ0v) is 14.2. The second-order valence-corrected chi connectivity index (χ2v) is 6.51. The number of carbonyl (C=O) groups excluding carboxylic acids is 1. The molecule has 1 amide bonds. The van der Waals surface area contributed by atoms with Gasteiger partial charge in [-0.1, -0.05) is 12.1 Å². The van der Waals surface area contributed by atoms with Gasteiger partial charge in [0, 0.05) is 50.6 Å². The van der Waals surface area contributed by atoms with Crippen molar-refractivity contribution in [3.05, 3.63) is 30.6 Å². The summed E-state index contributed by atoms with van der Waals surface area (Å²) < 4.78 is 5.43. The highest BCUT2D eigenvalue weighted by Gasteiger charge is 2.25. The molecule has 1 N–H and O–H groups in total. The minimum atomic E-state index is 0.144. The van der Waals surface area contributed by atoms with Crippen molar-refractivity contribution >= 4 is 22.6 Å². The van der Waals surface area contributed by atoms with Gasteiger partial charge in [-0.05, 0) is 12.1 Å². The first-order valence-electron chi connectivity index (χ1n) is 8.85. The van der Waals surface area contributed by atoms with Crippen LogP contribution in [-0.2, 0) is 9.53 Å². The molecule has 1 aromatic heterocycles. The Morgan fingerprint density at radius 1 is 1.20 bits per heavy atom. The summed E-state index contributed by atoms with van der Waals surface area (Å²) in [6.45, 7) is 5.22. The molecule has 0 bridgehead atoms. The van der Waals surface area contributed by atoms with Crippen LogP contribution in [0.2, 0.25) is 0 Å². The highest BCUT2D eigenvalue weighted by atomic mass is 16.5. The first-order valence-corrected chi connectivity index (χ1v) is 8.85. The summed E-state index contributed by atoms with van der Waals surface area (Å²) in [7, 11) is 0. The van der Waals surface area contributed by atoms with Crippen LogP contribution in [0, 0.1) is 0 Å². The number of fused-ring (bicyclic) bond motifs is 1. The number of carbonyl (C=O) groups is 1. The number of nitrogens with one attached hydrogen (secondary N) is 1. The number of hydrogen-bond acceptors (Lipinski definition) is 6. The molecule has 1 aromatic carbocycles. The van der Waals surface area contributed by atoms with Crippen molar-refractivity contribution in [2.75, 3.05) is 50.8 Å². The van der Waals surface area contributed by atoms with Gasteiger partial charge >= 0.3 is 0 Å². The van der Waals surface area contributed by atoms with E-state index < -0.39 is 0 Å². The van der Waals surface area contributed by atoms with Crippen LogP contribution in [0.25, 0.3) is 10.9 Å². The molecule has 7 heteroatoms. The van der Waals surface area contributed by atoms with E-state index in [1.165, 1.54) is 0 Å². The number of aromatic nitrogens is 2. The summed E-state index contributed by atoms with van der Waals surface area (Å²) in [5, 5.41) is 4.41. The second kappa shape index (κ2) is 7.33. The maximum atomic E-state index is 12.5. The minimum Gasteiger partial charge on any atom is -0.378 e. The molecule has 0 aliphatic carbocycles. The summed E-state index contributed by atoms with van der Waals surface area (Å²) in [5.41, 5.74) is 0.953. The highest BCUT2D eigenvalue weighted by Crippen LogP contribution is 2.23. The Morgan fingerprint density at radius 3 is 2.84 bits per heavy atom. The number of benzene rings is 1. The lowest BCUT2D eigenvalue weighted by Crippen LogP contribution is -2.51. The maximum Gasteiger partial charge on any atom is 0.224 e. The van der Waals surface area contributed by atoms with Gasteiger partial charge in [-0.25, -0.2) is 9.97 Å². The second-order valence-electron chi connectivity index (χ2n) is 6.51. The standard InChI is InChI=1S/C18H23N5O2/c24-17(11-14-12-25-10-5-19-14)22-6-8-23(9-7-22)18-15-3-1-2-4-16(15)20-13-21-18/h1-4,13-14,19H,5-12H2/t14-/m0/s1. The lowest BCUT2D eigenvalue weighted by atomic mass is 10.1. The van der Waals surface area contributed by atoms with E-state index in [0.717, 1.165) is 56.1 Å². The van der Waals surface area contributed by atoms with Crippen molar-refractivity contribution < 1.29 is 9.53 Å². The van der Waals surface area contributed by atoms with Gasteiger partial charge in [-0.3, -0.25) is 4.79 Å². The first-order chi connectivity index (χ1) is 12.3. The Kier molecular flexibility index (Phi) is 4.76. The fourth-order valence-corrected chi connectivity index (χ4v) is 3.50. The molecule has 2 aromatic rings. The average molecular weight is 341 g/mol. The van der Waals surface area contributed by atoms with Crippen molar-refractivity contribution in [1.29, 1.82) is 0 Å². The number of morpholine rings is 1. The van der Waals surface area contributed by atoms with Crippen LogP contribution >= 0.6 is 0 Å². The van der Waals surface area contributed by atoms with Crippen LogP contribution < -0.4 is 10.2 Å². The Hall–Kier alpha value is -2.25. The van der Waals surface area contributed by atoms with Gasteiger partial charge in [-0.2, -0.15) is 0 Å². The van der Waals surface area contributed by atoms with E-state index in [1.54, 1.807) is 6.33 Å². The quantitative estimate of drug-likeness (QED) is 0.884. The van der Waals surface area contributed by atoms with E-state index in [-0.39, 0.29) is 11.9 Å². The Bertz CT molecular complexity index is 734. The van der Waals surface area contributed by atoms with Crippen molar-refractivity contribution in [3.8, 4) is 0 Å². The molecule has 3 heterocycles. The monoisotopic (exact) mass is 341 g/mol. The number of piperazine rings is 1. The molecular formula is C18H23N5O2. The lowest BCUT2D eigenvalue weighted by Gasteiger charge is -2.36. The fourth-order valence-electron chi connectivity index (χ4n) is 3.50. The molecule has 7 nitrogen and oxygen atoms in total. The van der Waals surface area contributed by atoms with Gasteiger partial charge in [0.1, 0.15) is 12.1 Å². The Morgan fingerprint density at radius 2 is 2.04 bits per heavy atom. The third-order valence-electron chi connectivity index (χ3n) is 4.87. The number of anilines is 1. The van der Waals surface area contributed by atoms with E-state index in [2.05, 4.69) is 26.3 Å². The van der Waals surface area contributed by atoms with Crippen molar-refractivity contribution in [2.24, 2.45) is 0 Å². The zero-order chi connectivity index (χ0) is 17.1. The topological polar surface area (TPSA) is 70.6 Å². The number of ether oxygens (including phenoxy) is 1. The van der Waals surface area contributed by atoms with Gasteiger partial charge in [0.2, 0.25) is 5.91 Å². The molecule has 2 saturated heterocycles. The largest absolute Gasteiger partial charge is 0.378 e. The zero-order valence-electron chi connectivity index (χ0n) is 14.2. The molecule has 1 atom stereocenters. The van der Waals surface area contributed by atoms with Gasteiger partial charge < -0.3 is 19.9 Å². The highest BCUT2D eigenvalue weighted by molar-refractivity contribution is 5.89. The molecule has 132 valence electrons. The van der Waals surface area contributed by atoms with Crippen molar-refractivity contribution in [1.82, 2.24) is 20.2 Å². The van der Waals surface area contributed by atoms with Crippen LogP contribution in [0.4, 0.5) is 5.82 Å². The van der Waals surface area contributed by atoms with Crippen LogP contribution in [0.5, 0.6) is 0 Å². The summed E-state index contributed by atoms with van der Waals surface area (Å²) in [6, 6.07) is 8.19. The predicted molar refractivity (Wildman–Crippen MR) is 95.6 cm³/mol. The van der Waals surface area contributed by atoms with Crippen LogP contribution in [0.1, 0.15) is 6.42 Å². The third kappa shape index (κ3) is 3.57. The average Bonchev–Trinajstić information content (AvgIpc) is 2.68. The van der Waals surface area contributed by atoms with Gasteiger partial charge in [0.25, 0.3) is 0 Å². The smallest absolute Gasteiger partial charge is 0.224 e. The Balaban J connectivity index is 1.38. The molecule has 25 heavy (non-hydrogen) atoms. The molecule has 0 unspecified atom stereocenters. The Labute approximate surface area is 147 Å². The number of rotatable bonds is 3. The SMILES string of the molecule is O=C(C[C@H]1COCCN1)N1CCN(c2ncnc3ccccc23)CC1.